The van der Waals surface area contributed by atoms with Gasteiger partial charge in [-0.1, -0.05) is 20.8 Å². The Kier molecular flexibility index (Phi) is 8.15. The zero-order valence-corrected chi connectivity index (χ0v) is 13.7. The Hall–Kier alpha value is -0.610. The summed E-state index contributed by atoms with van der Waals surface area (Å²) in [6, 6.07) is 0.262. The van der Waals surface area contributed by atoms with Gasteiger partial charge in [-0.25, -0.2) is 0 Å². The Morgan fingerprint density at radius 2 is 1.90 bits per heavy atom. The first-order chi connectivity index (χ1) is 9.52. The molecule has 0 bridgehead atoms. The van der Waals surface area contributed by atoms with E-state index >= 15 is 0 Å². The van der Waals surface area contributed by atoms with Gasteiger partial charge in [0.25, 0.3) is 0 Å². The van der Waals surface area contributed by atoms with E-state index in [4.69, 9.17) is 0 Å². The molecule has 1 heterocycles. The van der Waals surface area contributed by atoms with Gasteiger partial charge in [-0.05, 0) is 64.2 Å². The first-order valence-corrected chi connectivity index (χ1v) is 8.25. The van der Waals surface area contributed by atoms with Crippen LogP contribution in [0.4, 0.5) is 0 Å². The lowest BCUT2D eigenvalue weighted by atomic mass is 9.96. The van der Waals surface area contributed by atoms with Crippen LogP contribution < -0.4 is 10.6 Å². The number of piperidine rings is 1. The molecule has 1 rings (SSSR count). The van der Waals surface area contributed by atoms with Crippen molar-refractivity contribution in [2.45, 2.75) is 53.0 Å². The molecule has 2 N–H and O–H groups in total. The van der Waals surface area contributed by atoms with Crippen LogP contribution in [0.25, 0.3) is 0 Å². The van der Waals surface area contributed by atoms with Crippen LogP contribution in [0.1, 0.15) is 47.0 Å². The Labute approximate surface area is 124 Å². The van der Waals surface area contributed by atoms with Gasteiger partial charge in [0.1, 0.15) is 0 Å². The second-order valence-corrected chi connectivity index (χ2v) is 6.52. The number of carbonyl (C=O) groups excluding carboxylic acids is 1. The van der Waals surface area contributed by atoms with Crippen molar-refractivity contribution in [1.82, 2.24) is 15.5 Å². The van der Waals surface area contributed by atoms with Gasteiger partial charge < -0.3 is 10.6 Å². The zero-order chi connectivity index (χ0) is 15.0. The molecule has 4 heteroatoms. The Balaban J connectivity index is 2.17. The monoisotopic (exact) mass is 283 g/mol. The van der Waals surface area contributed by atoms with E-state index in [0.717, 1.165) is 32.1 Å². The van der Waals surface area contributed by atoms with Crippen molar-refractivity contribution in [3.63, 3.8) is 0 Å². The smallest absolute Gasteiger partial charge is 0.234 e. The molecule has 0 spiro atoms. The number of hydrogen-bond acceptors (Lipinski definition) is 3. The summed E-state index contributed by atoms with van der Waals surface area (Å²) in [4.78, 5) is 14.2. The van der Waals surface area contributed by atoms with Gasteiger partial charge in [0.05, 0.1) is 6.54 Å². The quantitative estimate of drug-likeness (QED) is 0.668. The molecule has 118 valence electrons. The number of rotatable bonds is 8. The van der Waals surface area contributed by atoms with E-state index in [1.54, 1.807) is 0 Å². The second-order valence-electron chi connectivity index (χ2n) is 6.52. The first kappa shape index (κ1) is 17.4. The third kappa shape index (κ3) is 6.71. The minimum Gasteiger partial charge on any atom is -0.352 e. The minimum absolute atomic E-state index is 0.175. The van der Waals surface area contributed by atoms with Crippen molar-refractivity contribution in [3.8, 4) is 0 Å². The van der Waals surface area contributed by atoms with Gasteiger partial charge in [-0.15, -0.1) is 0 Å². The topological polar surface area (TPSA) is 44.4 Å². The third-order valence-corrected chi connectivity index (χ3v) is 4.32. The molecule has 1 amide bonds. The highest BCUT2D eigenvalue weighted by molar-refractivity contribution is 5.78. The molecule has 1 aliphatic heterocycles. The molecule has 1 aliphatic rings. The number of hydrogen-bond donors (Lipinski definition) is 2. The van der Waals surface area contributed by atoms with Crippen molar-refractivity contribution >= 4 is 5.91 Å². The van der Waals surface area contributed by atoms with Crippen molar-refractivity contribution in [2.75, 3.05) is 32.7 Å². The molecule has 20 heavy (non-hydrogen) atoms. The van der Waals surface area contributed by atoms with Crippen LogP contribution in [0.3, 0.4) is 0 Å². The maximum Gasteiger partial charge on any atom is 0.234 e. The van der Waals surface area contributed by atoms with E-state index in [1.807, 2.05) is 0 Å². The summed E-state index contributed by atoms with van der Waals surface area (Å²) in [5.41, 5.74) is 0. The lowest BCUT2D eigenvalue weighted by molar-refractivity contribution is -0.123. The van der Waals surface area contributed by atoms with Crippen molar-refractivity contribution in [1.29, 1.82) is 0 Å². The maximum atomic E-state index is 12.0. The summed E-state index contributed by atoms with van der Waals surface area (Å²) in [6.07, 6.45) is 3.63. The number of nitrogens with one attached hydrogen (secondary N) is 2. The van der Waals surface area contributed by atoms with Crippen LogP contribution in [0.15, 0.2) is 0 Å². The van der Waals surface area contributed by atoms with E-state index in [0.29, 0.717) is 12.5 Å². The predicted molar refractivity (Wildman–Crippen MR) is 84.8 cm³/mol. The summed E-state index contributed by atoms with van der Waals surface area (Å²) in [5, 5.41) is 6.59. The maximum absolute atomic E-state index is 12.0. The highest BCUT2D eigenvalue weighted by atomic mass is 16.2. The number of carbonyl (C=O) groups is 1. The van der Waals surface area contributed by atoms with Gasteiger partial charge >= 0.3 is 0 Å². The molecule has 1 fully saturated rings. The molecule has 0 saturated carbocycles. The van der Waals surface area contributed by atoms with E-state index in [9.17, 15) is 4.79 Å². The van der Waals surface area contributed by atoms with Gasteiger partial charge in [-0.3, -0.25) is 9.69 Å². The van der Waals surface area contributed by atoms with Crippen LogP contribution in [-0.4, -0.2) is 49.6 Å². The summed E-state index contributed by atoms with van der Waals surface area (Å²) in [5.74, 6) is 1.46. The van der Waals surface area contributed by atoms with Gasteiger partial charge in [0.2, 0.25) is 5.91 Å². The molecule has 0 aromatic carbocycles. The summed E-state index contributed by atoms with van der Waals surface area (Å²) >= 11 is 0. The Morgan fingerprint density at radius 1 is 1.25 bits per heavy atom. The van der Waals surface area contributed by atoms with Gasteiger partial charge in [0, 0.05) is 6.04 Å². The van der Waals surface area contributed by atoms with Crippen LogP contribution in [-0.2, 0) is 4.79 Å². The number of likely N-dealkylation sites (tertiary alicyclic amines) is 1. The summed E-state index contributed by atoms with van der Waals surface area (Å²) < 4.78 is 0. The Morgan fingerprint density at radius 3 is 2.45 bits per heavy atom. The van der Waals surface area contributed by atoms with Crippen molar-refractivity contribution < 1.29 is 4.79 Å². The van der Waals surface area contributed by atoms with Gasteiger partial charge in [0.15, 0.2) is 0 Å². The minimum atomic E-state index is 0.175. The largest absolute Gasteiger partial charge is 0.352 e. The second kappa shape index (κ2) is 9.35. The molecular weight excluding hydrogens is 250 g/mol. The molecule has 0 aromatic heterocycles. The fourth-order valence-corrected chi connectivity index (χ4v) is 2.50. The van der Waals surface area contributed by atoms with Crippen LogP contribution in [0, 0.1) is 11.8 Å². The molecule has 4 nitrogen and oxygen atoms in total. The predicted octanol–water partition coefficient (Wildman–Crippen LogP) is 1.86. The van der Waals surface area contributed by atoms with Crippen molar-refractivity contribution in [3.05, 3.63) is 0 Å². The zero-order valence-electron chi connectivity index (χ0n) is 13.7. The normalized spacial score (nSPS) is 19.2. The highest BCUT2D eigenvalue weighted by Crippen LogP contribution is 2.16. The summed E-state index contributed by atoms with van der Waals surface area (Å²) in [7, 11) is 0. The number of nitrogens with zero attached hydrogens (tertiary/aromatic N) is 1. The Bertz CT molecular complexity index is 273. The van der Waals surface area contributed by atoms with E-state index in [1.165, 1.54) is 19.3 Å². The van der Waals surface area contributed by atoms with Crippen molar-refractivity contribution in [2.24, 2.45) is 11.8 Å². The summed E-state index contributed by atoms with van der Waals surface area (Å²) in [6.45, 7) is 13.5. The third-order valence-electron chi connectivity index (χ3n) is 4.32. The lowest BCUT2D eigenvalue weighted by Crippen LogP contribution is -2.45. The number of amides is 1. The fraction of sp³-hybridized carbons (Fsp3) is 0.938. The highest BCUT2D eigenvalue weighted by Gasteiger charge is 2.21. The molecule has 0 radical (unpaired) electrons. The SMILES string of the molecule is CCCNCC1CCN(CC(=O)NC(C)C(C)C)CC1. The van der Waals surface area contributed by atoms with Gasteiger partial charge in [-0.2, -0.15) is 0 Å². The fourth-order valence-electron chi connectivity index (χ4n) is 2.50. The lowest BCUT2D eigenvalue weighted by Gasteiger charge is -2.32. The van der Waals surface area contributed by atoms with Crippen LogP contribution in [0.5, 0.6) is 0 Å². The molecule has 0 aliphatic carbocycles. The average Bonchev–Trinajstić information content (AvgIpc) is 2.40. The van der Waals surface area contributed by atoms with Crippen LogP contribution >= 0.6 is 0 Å². The van der Waals surface area contributed by atoms with Crippen LogP contribution in [0.2, 0.25) is 0 Å². The average molecular weight is 283 g/mol. The molecule has 1 atom stereocenters. The molecule has 1 unspecified atom stereocenters. The van der Waals surface area contributed by atoms with E-state index < -0.39 is 0 Å². The molecule has 0 aromatic rings. The standard InChI is InChI=1S/C16H33N3O/c1-5-8-17-11-15-6-9-19(10-7-15)12-16(20)18-14(4)13(2)3/h13-15,17H,5-12H2,1-4H3,(H,18,20). The van der Waals surface area contributed by atoms with E-state index in [2.05, 4.69) is 43.2 Å². The first-order valence-electron chi connectivity index (χ1n) is 8.25. The molecule has 1 saturated heterocycles. The van der Waals surface area contributed by atoms with E-state index in [-0.39, 0.29) is 11.9 Å². The molecular formula is C16H33N3O.